The molecule has 0 aliphatic carbocycles. The van der Waals surface area contributed by atoms with Gasteiger partial charge < -0.3 is 14.7 Å². The van der Waals surface area contributed by atoms with E-state index in [0.29, 0.717) is 17.4 Å². The van der Waals surface area contributed by atoms with Gasteiger partial charge in [-0.25, -0.2) is 14.4 Å². The average Bonchev–Trinajstić information content (AvgIpc) is 2.74. The van der Waals surface area contributed by atoms with E-state index >= 15 is 0 Å². The van der Waals surface area contributed by atoms with Crippen molar-refractivity contribution in [1.29, 1.82) is 0 Å². The molecule has 0 radical (unpaired) electrons. The Balaban J connectivity index is 1.35. The molecule has 0 bridgehead atoms. The number of carbonyl (C=O) groups excluding carboxylic acids is 1. The summed E-state index contributed by atoms with van der Waals surface area (Å²) in [6, 6.07) is 6.60. The second kappa shape index (κ2) is 8.12. The Labute approximate surface area is 165 Å². The molecule has 0 spiro atoms. The SMILES string of the molecule is CC1CCCN(C(=O)c2cnc(N3CCN(c4ccc(F)cc4)CC3)nc2)C1. The molecule has 2 aromatic rings. The van der Waals surface area contributed by atoms with Crippen molar-refractivity contribution in [2.24, 2.45) is 5.92 Å². The summed E-state index contributed by atoms with van der Waals surface area (Å²) in [5.74, 6) is 1.02. The first kappa shape index (κ1) is 18.7. The van der Waals surface area contributed by atoms with Crippen molar-refractivity contribution in [3.05, 3.63) is 48.0 Å². The maximum atomic E-state index is 13.1. The minimum Gasteiger partial charge on any atom is -0.368 e. The highest BCUT2D eigenvalue weighted by Crippen LogP contribution is 2.20. The Morgan fingerprint density at radius 1 is 1.00 bits per heavy atom. The monoisotopic (exact) mass is 383 g/mol. The van der Waals surface area contributed by atoms with Crippen molar-refractivity contribution < 1.29 is 9.18 Å². The lowest BCUT2D eigenvalue weighted by molar-refractivity contribution is 0.0682. The smallest absolute Gasteiger partial charge is 0.257 e. The van der Waals surface area contributed by atoms with Gasteiger partial charge in [-0.05, 0) is 43.0 Å². The van der Waals surface area contributed by atoms with E-state index in [2.05, 4.69) is 26.7 Å². The number of halogens is 1. The van der Waals surface area contributed by atoms with Gasteiger partial charge in [-0.3, -0.25) is 4.79 Å². The lowest BCUT2D eigenvalue weighted by Crippen LogP contribution is -2.47. The highest BCUT2D eigenvalue weighted by Gasteiger charge is 2.24. The lowest BCUT2D eigenvalue weighted by atomic mass is 10.00. The molecule has 4 rings (SSSR count). The van der Waals surface area contributed by atoms with Crippen molar-refractivity contribution in [1.82, 2.24) is 14.9 Å². The minimum atomic E-state index is -0.218. The second-order valence-corrected chi connectivity index (χ2v) is 7.72. The van der Waals surface area contributed by atoms with Gasteiger partial charge in [0.15, 0.2) is 0 Å². The first-order valence-electron chi connectivity index (χ1n) is 9.97. The van der Waals surface area contributed by atoms with Crippen LogP contribution in [0.5, 0.6) is 0 Å². The fraction of sp³-hybridized carbons (Fsp3) is 0.476. The summed E-state index contributed by atoms with van der Waals surface area (Å²) < 4.78 is 13.1. The highest BCUT2D eigenvalue weighted by molar-refractivity contribution is 5.93. The molecule has 2 fully saturated rings. The molecule has 6 nitrogen and oxygen atoms in total. The average molecular weight is 383 g/mol. The Kier molecular flexibility index (Phi) is 5.41. The van der Waals surface area contributed by atoms with Crippen LogP contribution in [-0.2, 0) is 0 Å². The molecule has 0 saturated carbocycles. The molecule has 1 unspecified atom stereocenters. The van der Waals surface area contributed by atoms with Gasteiger partial charge in [0.05, 0.1) is 5.56 Å². The Hall–Kier alpha value is -2.70. The van der Waals surface area contributed by atoms with Crippen molar-refractivity contribution in [3.8, 4) is 0 Å². The summed E-state index contributed by atoms with van der Waals surface area (Å²) in [6.45, 7) is 7.03. The molecule has 2 aliphatic heterocycles. The van der Waals surface area contributed by atoms with E-state index in [0.717, 1.165) is 51.4 Å². The zero-order valence-corrected chi connectivity index (χ0v) is 16.2. The summed E-state index contributed by atoms with van der Waals surface area (Å²) in [5.41, 5.74) is 1.58. The van der Waals surface area contributed by atoms with Gasteiger partial charge in [0.1, 0.15) is 5.82 Å². The number of hydrogen-bond acceptors (Lipinski definition) is 5. The van der Waals surface area contributed by atoms with Gasteiger partial charge in [-0.1, -0.05) is 6.92 Å². The number of benzene rings is 1. The molecule has 28 heavy (non-hydrogen) atoms. The molecule has 1 aromatic carbocycles. The van der Waals surface area contributed by atoms with Gasteiger partial charge in [-0.2, -0.15) is 0 Å². The van der Waals surface area contributed by atoms with Crippen LogP contribution >= 0.6 is 0 Å². The maximum Gasteiger partial charge on any atom is 0.257 e. The van der Waals surface area contributed by atoms with E-state index in [9.17, 15) is 9.18 Å². The summed E-state index contributed by atoms with van der Waals surface area (Å²) in [7, 11) is 0. The number of nitrogens with zero attached hydrogens (tertiary/aromatic N) is 5. The second-order valence-electron chi connectivity index (χ2n) is 7.72. The maximum absolute atomic E-state index is 13.1. The molecule has 1 atom stereocenters. The molecule has 0 N–H and O–H groups in total. The third kappa shape index (κ3) is 4.08. The van der Waals surface area contributed by atoms with Crippen LogP contribution in [0.15, 0.2) is 36.7 Å². The predicted molar refractivity (Wildman–Crippen MR) is 107 cm³/mol. The first-order valence-corrected chi connectivity index (χ1v) is 9.97. The minimum absolute atomic E-state index is 0.0271. The van der Waals surface area contributed by atoms with Crippen LogP contribution in [0.1, 0.15) is 30.1 Å². The largest absolute Gasteiger partial charge is 0.368 e. The van der Waals surface area contributed by atoms with E-state index in [1.165, 1.54) is 18.6 Å². The van der Waals surface area contributed by atoms with Gasteiger partial charge >= 0.3 is 0 Å². The zero-order valence-electron chi connectivity index (χ0n) is 16.2. The molecule has 2 saturated heterocycles. The lowest BCUT2D eigenvalue weighted by Gasteiger charge is -2.36. The number of piperidine rings is 1. The summed E-state index contributed by atoms with van der Waals surface area (Å²) in [4.78, 5) is 27.8. The Bertz CT molecular complexity index is 803. The zero-order chi connectivity index (χ0) is 19.5. The van der Waals surface area contributed by atoms with E-state index < -0.39 is 0 Å². The molecule has 7 heteroatoms. The van der Waals surface area contributed by atoms with Gasteiger partial charge in [0.25, 0.3) is 5.91 Å². The van der Waals surface area contributed by atoms with Crippen LogP contribution in [-0.4, -0.2) is 60.0 Å². The number of rotatable bonds is 3. The number of carbonyl (C=O) groups is 1. The Morgan fingerprint density at radius 3 is 2.29 bits per heavy atom. The fourth-order valence-electron chi connectivity index (χ4n) is 3.97. The fourth-order valence-corrected chi connectivity index (χ4v) is 3.97. The normalized spacial score (nSPS) is 20.4. The van der Waals surface area contributed by atoms with Crippen LogP contribution in [0.3, 0.4) is 0 Å². The van der Waals surface area contributed by atoms with Crippen molar-refractivity contribution in [2.45, 2.75) is 19.8 Å². The molecule has 3 heterocycles. The van der Waals surface area contributed by atoms with Crippen molar-refractivity contribution in [2.75, 3.05) is 49.1 Å². The standard InChI is InChI=1S/C21H26FN5O/c1-16-3-2-8-27(15-16)20(28)17-13-23-21(24-14-17)26-11-9-25(10-12-26)19-6-4-18(22)5-7-19/h4-7,13-14,16H,2-3,8-12,15H2,1H3. The van der Waals surface area contributed by atoms with E-state index in [4.69, 9.17) is 0 Å². The molecule has 2 aliphatic rings. The third-order valence-electron chi connectivity index (χ3n) is 5.58. The van der Waals surface area contributed by atoms with Gasteiger partial charge in [-0.15, -0.1) is 0 Å². The number of anilines is 2. The highest BCUT2D eigenvalue weighted by atomic mass is 19.1. The molecule has 1 amide bonds. The van der Waals surface area contributed by atoms with Crippen LogP contribution < -0.4 is 9.80 Å². The number of likely N-dealkylation sites (tertiary alicyclic amines) is 1. The Morgan fingerprint density at radius 2 is 1.64 bits per heavy atom. The van der Waals surface area contributed by atoms with Crippen molar-refractivity contribution in [3.63, 3.8) is 0 Å². The predicted octanol–water partition coefficient (Wildman–Crippen LogP) is 2.81. The van der Waals surface area contributed by atoms with Crippen molar-refractivity contribution >= 4 is 17.5 Å². The molecular weight excluding hydrogens is 357 g/mol. The van der Waals surface area contributed by atoms with Crippen LogP contribution in [0.2, 0.25) is 0 Å². The quantitative estimate of drug-likeness (QED) is 0.816. The van der Waals surface area contributed by atoms with E-state index in [-0.39, 0.29) is 11.7 Å². The number of amides is 1. The van der Waals surface area contributed by atoms with Crippen LogP contribution in [0, 0.1) is 11.7 Å². The first-order chi connectivity index (χ1) is 13.6. The van der Waals surface area contributed by atoms with Crippen LogP contribution in [0.25, 0.3) is 0 Å². The topological polar surface area (TPSA) is 52.6 Å². The summed E-state index contributed by atoms with van der Waals surface area (Å²) >= 11 is 0. The number of hydrogen-bond donors (Lipinski definition) is 0. The summed E-state index contributed by atoms with van der Waals surface area (Å²) in [5, 5.41) is 0. The molecule has 148 valence electrons. The van der Waals surface area contributed by atoms with Crippen LogP contribution in [0.4, 0.5) is 16.0 Å². The van der Waals surface area contributed by atoms with Gasteiger partial charge in [0, 0.05) is 57.3 Å². The molecule has 1 aromatic heterocycles. The van der Waals surface area contributed by atoms with Gasteiger partial charge in [0.2, 0.25) is 5.95 Å². The third-order valence-corrected chi connectivity index (χ3v) is 5.58. The summed E-state index contributed by atoms with van der Waals surface area (Å²) in [6.07, 6.45) is 5.54. The number of aromatic nitrogens is 2. The molecular formula is C21H26FN5O. The van der Waals surface area contributed by atoms with E-state index in [1.54, 1.807) is 12.4 Å². The van der Waals surface area contributed by atoms with E-state index in [1.807, 2.05) is 17.0 Å². The number of piperazine rings is 1.